The van der Waals surface area contributed by atoms with E-state index in [-0.39, 0.29) is 12.5 Å². The molecule has 0 aliphatic carbocycles. The molecule has 0 bridgehead atoms. The summed E-state index contributed by atoms with van der Waals surface area (Å²) >= 11 is 0. The molecular weight excluding hydrogens is 242 g/mol. The molecule has 0 spiro atoms. The van der Waals surface area contributed by atoms with E-state index in [1.54, 1.807) is 24.3 Å². The number of nitrogens with one attached hydrogen (secondary N) is 1. The van der Waals surface area contributed by atoms with E-state index in [0.717, 1.165) is 0 Å². The largest absolute Gasteiger partial charge is 0.484 e. The van der Waals surface area contributed by atoms with Crippen molar-refractivity contribution in [3.05, 3.63) is 54.2 Å². The number of para-hydroxylation sites is 1. The Morgan fingerprint density at radius 2 is 2.05 bits per heavy atom. The van der Waals surface area contributed by atoms with Crippen LogP contribution in [-0.4, -0.2) is 17.5 Å². The number of ether oxygens (including phenoxy) is 1. The number of pyridine rings is 1. The minimum absolute atomic E-state index is 0.0916. The molecule has 1 amide bonds. The molecular formula is C14H11N3O2. The van der Waals surface area contributed by atoms with E-state index >= 15 is 0 Å². The van der Waals surface area contributed by atoms with E-state index in [1.165, 1.54) is 6.20 Å². The van der Waals surface area contributed by atoms with Gasteiger partial charge in [0.2, 0.25) is 0 Å². The fourth-order valence-corrected chi connectivity index (χ4v) is 1.38. The number of nitrogens with zero attached hydrogens (tertiary/aromatic N) is 2. The van der Waals surface area contributed by atoms with Crippen LogP contribution in [0.4, 0.5) is 5.82 Å². The first-order chi connectivity index (χ1) is 9.28. The Labute approximate surface area is 110 Å². The van der Waals surface area contributed by atoms with Gasteiger partial charge in [-0.2, -0.15) is 5.26 Å². The van der Waals surface area contributed by atoms with Crippen LogP contribution in [0.5, 0.6) is 5.75 Å². The molecule has 5 nitrogen and oxygen atoms in total. The van der Waals surface area contributed by atoms with Gasteiger partial charge in [-0.25, -0.2) is 4.98 Å². The predicted octanol–water partition coefficient (Wildman–Crippen LogP) is 1.97. The SMILES string of the molecule is N#Cc1ccc(NC(=O)COc2ccccc2)nc1. The highest BCUT2D eigenvalue weighted by molar-refractivity contribution is 5.90. The molecule has 0 saturated heterocycles. The molecule has 2 rings (SSSR count). The molecule has 1 aromatic heterocycles. The van der Waals surface area contributed by atoms with Crippen molar-refractivity contribution in [3.63, 3.8) is 0 Å². The number of carbonyl (C=O) groups excluding carboxylic acids is 1. The lowest BCUT2D eigenvalue weighted by molar-refractivity contribution is -0.118. The standard InChI is InChI=1S/C14H11N3O2/c15-8-11-6-7-13(16-9-11)17-14(18)10-19-12-4-2-1-3-5-12/h1-7,9H,10H2,(H,16,17,18). The first-order valence-corrected chi connectivity index (χ1v) is 5.62. The highest BCUT2D eigenvalue weighted by atomic mass is 16.5. The maximum atomic E-state index is 11.6. The average Bonchev–Trinajstić information content (AvgIpc) is 2.47. The molecule has 0 atom stereocenters. The normalized spacial score (nSPS) is 9.42. The summed E-state index contributed by atoms with van der Waals surface area (Å²) < 4.78 is 5.29. The highest BCUT2D eigenvalue weighted by Gasteiger charge is 2.04. The Balaban J connectivity index is 1.86. The van der Waals surface area contributed by atoms with Gasteiger partial charge in [-0.3, -0.25) is 4.79 Å². The van der Waals surface area contributed by atoms with Crippen molar-refractivity contribution in [1.82, 2.24) is 4.98 Å². The summed E-state index contributed by atoms with van der Waals surface area (Å²) in [4.78, 5) is 15.5. The summed E-state index contributed by atoms with van der Waals surface area (Å²) in [5, 5.41) is 11.2. The van der Waals surface area contributed by atoms with Gasteiger partial charge in [-0.15, -0.1) is 0 Å². The number of carbonyl (C=O) groups is 1. The van der Waals surface area contributed by atoms with Crippen LogP contribution in [0.3, 0.4) is 0 Å². The number of hydrogen-bond acceptors (Lipinski definition) is 4. The molecule has 1 heterocycles. The molecule has 0 aliphatic rings. The molecule has 0 radical (unpaired) electrons. The van der Waals surface area contributed by atoms with Crippen molar-refractivity contribution < 1.29 is 9.53 Å². The van der Waals surface area contributed by atoms with Gasteiger partial charge in [-0.1, -0.05) is 18.2 Å². The number of aromatic nitrogens is 1. The summed E-state index contributed by atoms with van der Waals surface area (Å²) in [5.74, 6) is 0.715. The van der Waals surface area contributed by atoms with Gasteiger partial charge in [-0.05, 0) is 24.3 Å². The van der Waals surface area contributed by atoms with E-state index in [9.17, 15) is 4.79 Å². The van der Waals surface area contributed by atoms with E-state index in [0.29, 0.717) is 17.1 Å². The smallest absolute Gasteiger partial charge is 0.263 e. The van der Waals surface area contributed by atoms with Gasteiger partial charge in [0.25, 0.3) is 5.91 Å². The zero-order chi connectivity index (χ0) is 13.5. The van der Waals surface area contributed by atoms with Crippen LogP contribution in [0, 0.1) is 11.3 Å². The van der Waals surface area contributed by atoms with Gasteiger partial charge in [0.05, 0.1) is 5.56 Å². The fourth-order valence-electron chi connectivity index (χ4n) is 1.38. The van der Waals surface area contributed by atoms with E-state index in [1.807, 2.05) is 24.3 Å². The number of rotatable bonds is 4. The minimum atomic E-state index is -0.305. The quantitative estimate of drug-likeness (QED) is 0.903. The molecule has 0 unspecified atom stereocenters. The number of hydrogen-bond donors (Lipinski definition) is 1. The molecule has 2 aromatic rings. The van der Waals surface area contributed by atoms with Crippen LogP contribution in [-0.2, 0) is 4.79 Å². The molecule has 0 aliphatic heterocycles. The molecule has 0 saturated carbocycles. The first-order valence-electron chi connectivity index (χ1n) is 5.62. The molecule has 1 N–H and O–H groups in total. The Bertz CT molecular complexity index is 588. The van der Waals surface area contributed by atoms with Crippen LogP contribution >= 0.6 is 0 Å². The second-order valence-electron chi connectivity index (χ2n) is 3.69. The van der Waals surface area contributed by atoms with Crippen molar-refractivity contribution in [3.8, 4) is 11.8 Å². The number of benzene rings is 1. The summed E-state index contributed by atoms with van der Waals surface area (Å²) in [6.45, 7) is -0.0916. The van der Waals surface area contributed by atoms with Gasteiger partial charge >= 0.3 is 0 Å². The van der Waals surface area contributed by atoms with Crippen LogP contribution in [0.1, 0.15) is 5.56 Å². The summed E-state index contributed by atoms with van der Waals surface area (Å²) in [5.41, 5.74) is 0.443. The Morgan fingerprint density at radius 3 is 2.68 bits per heavy atom. The third-order valence-electron chi connectivity index (χ3n) is 2.27. The number of amides is 1. The maximum Gasteiger partial charge on any atom is 0.263 e. The van der Waals surface area contributed by atoms with Crippen LogP contribution in [0.15, 0.2) is 48.7 Å². The maximum absolute atomic E-state index is 11.6. The molecule has 94 valence electrons. The van der Waals surface area contributed by atoms with Crippen molar-refractivity contribution in [2.45, 2.75) is 0 Å². The molecule has 5 heteroatoms. The third kappa shape index (κ3) is 3.82. The van der Waals surface area contributed by atoms with Crippen LogP contribution in [0.25, 0.3) is 0 Å². The van der Waals surface area contributed by atoms with Gasteiger partial charge in [0, 0.05) is 6.20 Å². The lowest BCUT2D eigenvalue weighted by Crippen LogP contribution is -2.20. The van der Waals surface area contributed by atoms with Crippen molar-refractivity contribution in [2.75, 3.05) is 11.9 Å². The number of nitriles is 1. The Morgan fingerprint density at radius 1 is 1.26 bits per heavy atom. The highest BCUT2D eigenvalue weighted by Crippen LogP contribution is 2.08. The van der Waals surface area contributed by atoms with Gasteiger partial charge < -0.3 is 10.1 Å². The Hall–Kier alpha value is -2.87. The van der Waals surface area contributed by atoms with E-state index in [2.05, 4.69) is 10.3 Å². The Kier molecular flexibility index (Phi) is 4.09. The van der Waals surface area contributed by atoms with Gasteiger partial charge in [0.1, 0.15) is 17.6 Å². The second-order valence-corrected chi connectivity index (χ2v) is 3.69. The zero-order valence-electron chi connectivity index (χ0n) is 10.0. The summed E-state index contributed by atoms with van der Waals surface area (Å²) in [7, 11) is 0. The lowest BCUT2D eigenvalue weighted by atomic mass is 10.3. The van der Waals surface area contributed by atoms with Gasteiger partial charge in [0.15, 0.2) is 6.61 Å². The third-order valence-corrected chi connectivity index (χ3v) is 2.27. The van der Waals surface area contributed by atoms with Crippen LogP contribution in [0.2, 0.25) is 0 Å². The van der Waals surface area contributed by atoms with Crippen molar-refractivity contribution in [1.29, 1.82) is 5.26 Å². The first kappa shape index (κ1) is 12.6. The van der Waals surface area contributed by atoms with E-state index in [4.69, 9.17) is 10.00 Å². The minimum Gasteiger partial charge on any atom is -0.484 e. The number of anilines is 1. The van der Waals surface area contributed by atoms with Crippen LogP contribution < -0.4 is 10.1 Å². The predicted molar refractivity (Wildman–Crippen MR) is 69.5 cm³/mol. The summed E-state index contributed by atoms with van der Waals surface area (Å²) in [6, 6.07) is 14.2. The van der Waals surface area contributed by atoms with Crippen molar-refractivity contribution >= 4 is 11.7 Å². The van der Waals surface area contributed by atoms with Crippen molar-refractivity contribution in [2.24, 2.45) is 0 Å². The lowest BCUT2D eigenvalue weighted by Gasteiger charge is -2.06. The fraction of sp³-hybridized carbons (Fsp3) is 0.0714. The zero-order valence-corrected chi connectivity index (χ0v) is 10.0. The molecule has 19 heavy (non-hydrogen) atoms. The topological polar surface area (TPSA) is 75.0 Å². The monoisotopic (exact) mass is 253 g/mol. The summed E-state index contributed by atoms with van der Waals surface area (Å²) in [6.07, 6.45) is 1.40. The average molecular weight is 253 g/mol. The second kappa shape index (κ2) is 6.17. The molecule has 0 fully saturated rings. The molecule has 1 aromatic carbocycles. The van der Waals surface area contributed by atoms with E-state index < -0.39 is 0 Å².